The smallest absolute Gasteiger partial charge is 0.156 e. The number of hydrogen-bond donors (Lipinski definition) is 1. The van der Waals surface area contributed by atoms with Crippen LogP contribution in [0.25, 0.3) is 0 Å². The molecule has 0 amide bonds. The summed E-state index contributed by atoms with van der Waals surface area (Å²) in [6, 6.07) is 0. The van der Waals surface area contributed by atoms with E-state index in [2.05, 4.69) is 17.2 Å². The molecule has 2 aliphatic rings. The maximum Gasteiger partial charge on any atom is 0.156 e. The molecule has 1 heterocycles. The summed E-state index contributed by atoms with van der Waals surface area (Å²) in [5.74, 6) is 3.05. The van der Waals surface area contributed by atoms with Crippen molar-refractivity contribution in [3.63, 3.8) is 0 Å². The molecule has 1 saturated carbocycles. The Morgan fingerprint density at radius 3 is 3.09 bits per heavy atom. The van der Waals surface area contributed by atoms with Crippen LogP contribution in [0.3, 0.4) is 0 Å². The van der Waals surface area contributed by atoms with Crippen LogP contribution in [-0.4, -0.2) is 24.0 Å². The normalized spacial score (nSPS) is 35.2. The summed E-state index contributed by atoms with van der Waals surface area (Å²) in [4.78, 5) is 4.33. The van der Waals surface area contributed by atoms with E-state index in [9.17, 15) is 0 Å². The lowest BCUT2D eigenvalue weighted by molar-refractivity contribution is 0.716. The zero-order valence-electron chi connectivity index (χ0n) is 6.84. The monoisotopic (exact) mass is 170 g/mol. The summed E-state index contributed by atoms with van der Waals surface area (Å²) in [6.45, 7) is 4.47. The summed E-state index contributed by atoms with van der Waals surface area (Å²) in [7, 11) is 0. The van der Waals surface area contributed by atoms with Gasteiger partial charge in [-0.2, -0.15) is 0 Å². The standard InChI is InChI=1S/C8H14N2S/c1-6-4-7(6)5-10-8-9-2-3-11-8/h6-7H,2-5H2,1H3,(H,9,10). The molecular weight excluding hydrogens is 156 g/mol. The number of thioether (sulfide) groups is 1. The van der Waals surface area contributed by atoms with Crippen molar-refractivity contribution in [3.05, 3.63) is 0 Å². The van der Waals surface area contributed by atoms with Gasteiger partial charge in [0.25, 0.3) is 0 Å². The van der Waals surface area contributed by atoms with Crippen molar-refractivity contribution in [2.45, 2.75) is 13.3 Å². The minimum absolute atomic E-state index is 0.930. The zero-order valence-corrected chi connectivity index (χ0v) is 7.66. The molecule has 0 bridgehead atoms. The van der Waals surface area contributed by atoms with E-state index in [1.165, 1.54) is 17.3 Å². The first-order chi connectivity index (χ1) is 5.36. The number of rotatable bonds is 2. The Bertz CT molecular complexity index is 179. The van der Waals surface area contributed by atoms with E-state index in [-0.39, 0.29) is 0 Å². The van der Waals surface area contributed by atoms with Crippen molar-refractivity contribution in [1.29, 1.82) is 0 Å². The molecule has 1 N–H and O–H groups in total. The molecule has 0 aromatic carbocycles. The van der Waals surface area contributed by atoms with Gasteiger partial charge >= 0.3 is 0 Å². The number of aliphatic imine (C=N–C) groups is 1. The number of amidine groups is 1. The number of nitrogens with zero attached hydrogens (tertiary/aromatic N) is 1. The molecule has 1 aliphatic carbocycles. The van der Waals surface area contributed by atoms with Gasteiger partial charge in [0.05, 0.1) is 6.54 Å². The highest BCUT2D eigenvalue weighted by atomic mass is 32.2. The molecule has 0 spiro atoms. The summed E-state index contributed by atoms with van der Waals surface area (Å²) in [5.41, 5.74) is 0. The lowest BCUT2D eigenvalue weighted by atomic mass is 10.3. The second-order valence-electron chi connectivity index (χ2n) is 3.39. The fourth-order valence-electron chi connectivity index (χ4n) is 1.34. The molecule has 1 aliphatic heterocycles. The zero-order chi connectivity index (χ0) is 7.68. The Morgan fingerprint density at radius 1 is 1.73 bits per heavy atom. The number of nitrogens with one attached hydrogen (secondary N) is 1. The van der Waals surface area contributed by atoms with Crippen molar-refractivity contribution >= 4 is 16.9 Å². The van der Waals surface area contributed by atoms with Gasteiger partial charge in [0.2, 0.25) is 0 Å². The average molecular weight is 170 g/mol. The molecule has 0 saturated heterocycles. The molecule has 2 nitrogen and oxygen atoms in total. The van der Waals surface area contributed by atoms with Crippen molar-refractivity contribution in [2.24, 2.45) is 16.8 Å². The van der Waals surface area contributed by atoms with E-state index in [4.69, 9.17) is 0 Å². The predicted molar refractivity (Wildman–Crippen MR) is 50.0 cm³/mol. The lowest BCUT2D eigenvalue weighted by Crippen LogP contribution is -2.21. The van der Waals surface area contributed by atoms with E-state index in [1.807, 2.05) is 11.8 Å². The minimum atomic E-state index is 0.930. The maximum absolute atomic E-state index is 4.33. The van der Waals surface area contributed by atoms with Crippen molar-refractivity contribution in [2.75, 3.05) is 18.8 Å². The van der Waals surface area contributed by atoms with Crippen LogP contribution in [0.5, 0.6) is 0 Å². The fourth-order valence-corrected chi connectivity index (χ4v) is 2.09. The lowest BCUT2D eigenvalue weighted by Gasteiger charge is -2.02. The van der Waals surface area contributed by atoms with Crippen LogP contribution in [0.1, 0.15) is 13.3 Å². The second kappa shape index (κ2) is 3.05. The van der Waals surface area contributed by atoms with Gasteiger partial charge < -0.3 is 5.32 Å². The van der Waals surface area contributed by atoms with Gasteiger partial charge in [0.15, 0.2) is 5.17 Å². The first kappa shape index (κ1) is 7.47. The third-order valence-corrected chi connectivity index (χ3v) is 3.31. The Hall–Kier alpha value is -0.180. The summed E-state index contributed by atoms with van der Waals surface area (Å²) < 4.78 is 0. The predicted octanol–water partition coefficient (Wildman–Crippen LogP) is 1.33. The van der Waals surface area contributed by atoms with E-state index in [0.29, 0.717) is 0 Å². The first-order valence-electron chi connectivity index (χ1n) is 4.27. The highest BCUT2D eigenvalue weighted by Gasteiger charge is 2.32. The minimum Gasteiger partial charge on any atom is -0.365 e. The van der Waals surface area contributed by atoms with Crippen LogP contribution in [0, 0.1) is 11.8 Å². The second-order valence-corrected chi connectivity index (χ2v) is 4.47. The van der Waals surface area contributed by atoms with Crippen LogP contribution >= 0.6 is 11.8 Å². The topological polar surface area (TPSA) is 24.4 Å². The quantitative estimate of drug-likeness (QED) is 0.676. The maximum atomic E-state index is 4.33. The Kier molecular flexibility index (Phi) is 2.07. The van der Waals surface area contributed by atoms with Gasteiger partial charge in [-0.05, 0) is 18.3 Å². The molecule has 1 fully saturated rings. The SMILES string of the molecule is CC1CC1CNC1=NCCS1. The molecule has 3 heteroatoms. The van der Waals surface area contributed by atoms with Gasteiger partial charge in [-0.1, -0.05) is 18.7 Å². The van der Waals surface area contributed by atoms with Crippen LogP contribution in [-0.2, 0) is 0 Å². The van der Waals surface area contributed by atoms with Gasteiger partial charge in [-0.3, -0.25) is 4.99 Å². The van der Waals surface area contributed by atoms with E-state index in [0.717, 1.165) is 24.9 Å². The van der Waals surface area contributed by atoms with Gasteiger partial charge in [0.1, 0.15) is 0 Å². The Morgan fingerprint density at radius 2 is 2.55 bits per heavy atom. The van der Waals surface area contributed by atoms with Gasteiger partial charge in [0, 0.05) is 12.3 Å². The largest absolute Gasteiger partial charge is 0.365 e. The molecule has 0 aromatic rings. The summed E-state index contributed by atoms with van der Waals surface area (Å²) >= 11 is 1.85. The van der Waals surface area contributed by atoms with Crippen molar-refractivity contribution in [1.82, 2.24) is 5.32 Å². The first-order valence-corrected chi connectivity index (χ1v) is 5.26. The van der Waals surface area contributed by atoms with Crippen molar-refractivity contribution in [3.8, 4) is 0 Å². The Labute approximate surface area is 71.9 Å². The third-order valence-electron chi connectivity index (χ3n) is 2.38. The molecular formula is C8H14N2S. The summed E-state index contributed by atoms with van der Waals surface area (Å²) in [6.07, 6.45) is 1.41. The molecule has 2 atom stereocenters. The molecule has 0 radical (unpaired) electrons. The fraction of sp³-hybridized carbons (Fsp3) is 0.875. The van der Waals surface area contributed by atoms with Crippen LogP contribution in [0.2, 0.25) is 0 Å². The van der Waals surface area contributed by atoms with Crippen LogP contribution in [0.4, 0.5) is 0 Å². The molecule has 0 aromatic heterocycles. The molecule has 11 heavy (non-hydrogen) atoms. The van der Waals surface area contributed by atoms with Crippen molar-refractivity contribution < 1.29 is 0 Å². The highest BCUT2D eigenvalue weighted by molar-refractivity contribution is 8.14. The Balaban J connectivity index is 1.66. The van der Waals surface area contributed by atoms with Gasteiger partial charge in [-0.15, -0.1) is 0 Å². The van der Waals surface area contributed by atoms with E-state index >= 15 is 0 Å². The average Bonchev–Trinajstić information content (AvgIpc) is 2.55. The van der Waals surface area contributed by atoms with Gasteiger partial charge in [-0.25, -0.2) is 0 Å². The van der Waals surface area contributed by atoms with Crippen LogP contribution < -0.4 is 5.32 Å². The van der Waals surface area contributed by atoms with E-state index < -0.39 is 0 Å². The summed E-state index contributed by atoms with van der Waals surface area (Å²) in [5, 5.41) is 4.56. The third kappa shape index (κ3) is 1.89. The molecule has 2 rings (SSSR count). The number of hydrogen-bond acceptors (Lipinski definition) is 3. The van der Waals surface area contributed by atoms with Crippen LogP contribution in [0.15, 0.2) is 4.99 Å². The highest BCUT2D eigenvalue weighted by Crippen LogP contribution is 2.36. The molecule has 62 valence electrons. The molecule has 2 unspecified atom stereocenters. The van der Waals surface area contributed by atoms with E-state index in [1.54, 1.807) is 0 Å².